The van der Waals surface area contributed by atoms with E-state index < -0.39 is 18.6 Å². The lowest BCUT2D eigenvalue weighted by Gasteiger charge is -2.08. The minimum atomic E-state index is -2.87. The number of thiazole rings is 1. The number of alkyl halides is 2. The number of amides is 1. The molecule has 3 N–H and O–H groups in total. The summed E-state index contributed by atoms with van der Waals surface area (Å²) in [7, 11) is 1.46. The second-order valence-corrected chi connectivity index (χ2v) is 6.08. The first-order chi connectivity index (χ1) is 11.4. The van der Waals surface area contributed by atoms with Crippen LogP contribution in [-0.4, -0.2) is 37.3 Å². The molecule has 1 aromatic carbocycles. The van der Waals surface area contributed by atoms with Crippen LogP contribution >= 0.6 is 23.7 Å². The fourth-order valence-electron chi connectivity index (χ4n) is 1.97. The molecule has 6 nitrogen and oxygen atoms in total. The number of hydrogen-bond donors (Lipinski definition) is 2. The molecular formula is C15H18ClF2N3O3S. The summed E-state index contributed by atoms with van der Waals surface area (Å²) in [6, 6.07) is 5.35. The van der Waals surface area contributed by atoms with Crippen molar-refractivity contribution in [3.8, 4) is 17.0 Å². The van der Waals surface area contributed by atoms with Crippen molar-refractivity contribution in [1.29, 1.82) is 0 Å². The van der Waals surface area contributed by atoms with Gasteiger partial charge in [0.15, 0.2) is 5.13 Å². The Hall–Kier alpha value is -1.81. The van der Waals surface area contributed by atoms with Crippen molar-refractivity contribution in [2.24, 2.45) is 5.73 Å². The zero-order chi connectivity index (χ0) is 17.7. The molecule has 1 heterocycles. The number of aryl methyl sites for hydroxylation is 1. The number of anilines is 1. The average Bonchev–Trinajstić information content (AvgIpc) is 2.88. The molecule has 0 aliphatic rings. The van der Waals surface area contributed by atoms with E-state index in [0.717, 1.165) is 10.4 Å². The molecule has 10 heteroatoms. The summed E-state index contributed by atoms with van der Waals surface area (Å²) in [6.07, 6.45) is 0. The van der Waals surface area contributed by atoms with Crippen molar-refractivity contribution in [1.82, 2.24) is 4.98 Å². The number of nitrogens with two attached hydrogens (primary N) is 1. The Labute approximate surface area is 153 Å². The third-order valence-corrected chi connectivity index (χ3v) is 3.95. The molecular weight excluding hydrogens is 376 g/mol. The zero-order valence-corrected chi connectivity index (χ0v) is 15.1. The number of carbonyl (C=O) groups excluding carboxylic acids is 1. The first kappa shape index (κ1) is 21.2. The fraction of sp³-hybridized carbons (Fsp3) is 0.333. The molecule has 0 fully saturated rings. The van der Waals surface area contributed by atoms with Gasteiger partial charge >= 0.3 is 6.61 Å². The van der Waals surface area contributed by atoms with E-state index in [0.29, 0.717) is 10.8 Å². The van der Waals surface area contributed by atoms with E-state index in [1.54, 1.807) is 12.1 Å². The van der Waals surface area contributed by atoms with Crippen molar-refractivity contribution in [3.63, 3.8) is 0 Å². The fourth-order valence-corrected chi connectivity index (χ4v) is 2.80. The summed E-state index contributed by atoms with van der Waals surface area (Å²) in [5, 5.41) is 3.04. The predicted octanol–water partition coefficient (Wildman–Crippen LogP) is 3.05. The highest BCUT2D eigenvalue weighted by Crippen LogP contribution is 2.31. The van der Waals surface area contributed by atoms with Crippen molar-refractivity contribution >= 4 is 34.8 Å². The molecule has 2 aromatic rings. The van der Waals surface area contributed by atoms with E-state index >= 15 is 0 Å². The summed E-state index contributed by atoms with van der Waals surface area (Å²) >= 11 is 1.30. The topological polar surface area (TPSA) is 86.5 Å². The van der Waals surface area contributed by atoms with Gasteiger partial charge in [0.1, 0.15) is 11.8 Å². The third kappa shape index (κ3) is 5.89. The highest BCUT2D eigenvalue weighted by Gasteiger charge is 2.17. The summed E-state index contributed by atoms with van der Waals surface area (Å²) < 4.78 is 33.5. The van der Waals surface area contributed by atoms with Gasteiger partial charge in [-0.25, -0.2) is 4.98 Å². The molecule has 1 amide bonds. The Morgan fingerprint density at radius 1 is 1.36 bits per heavy atom. The maximum Gasteiger partial charge on any atom is 0.387 e. The molecule has 0 aliphatic heterocycles. The van der Waals surface area contributed by atoms with Gasteiger partial charge in [0.2, 0.25) is 5.91 Å². The lowest BCUT2D eigenvalue weighted by atomic mass is 10.1. The Balaban J connectivity index is 0.00000312. The molecule has 1 unspecified atom stereocenters. The van der Waals surface area contributed by atoms with Gasteiger partial charge in [-0.15, -0.1) is 23.7 Å². The van der Waals surface area contributed by atoms with Gasteiger partial charge in [-0.1, -0.05) is 0 Å². The molecule has 0 saturated carbocycles. The van der Waals surface area contributed by atoms with Gasteiger partial charge in [0.05, 0.1) is 12.3 Å². The lowest BCUT2D eigenvalue weighted by Crippen LogP contribution is -2.39. The van der Waals surface area contributed by atoms with Crippen LogP contribution in [-0.2, 0) is 9.53 Å². The van der Waals surface area contributed by atoms with Gasteiger partial charge in [-0.05, 0) is 31.2 Å². The van der Waals surface area contributed by atoms with Gasteiger partial charge in [-0.2, -0.15) is 8.78 Å². The van der Waals surface area contributed by atoms with Gasteiger partial charge in [0, 0.05) is 17.6 Å². The van der Waals surface area contributed by atoms with Crippen LogP contribution in [0.5, 0.6) is 5.75 Å². The van der Waals surface area contributed by atoms with E-state index in [2.05, 4.69) is 15.0 Å². The van der Waals surface area contributed by atoms with Crippen molar-refractivity contribution in [3.05, 3.63) is 29.1 Å². The molecule has 0 radical (unpaired) electrons. The Bertz CT molecular complexity index is 698. The summed E-state index contributed by atoms with van der Waals surface area (Å²) in [4.78, 5) is 17.1. The normalized spacial score (nSPS) is 11.8. The maximum atomic E-state index is 12.2. The highest BCUT2D eigenvalue weighted by molar-refractivity contribution is 7.16. The molecule has 138 valence electrons. The second kappa shape index (κ2) is 9.62. The summed E-state index contributed by atoms with van der Waals surface area (Å²) in [5.41, 5.74) is 7.03. The number of carbonyl (C=O) groups is 1. The van der Waals surface area contributed by atoms with Crippen molar-refractivity contribution in [2.75, 3.05) is 19.0 Å². The van der Waals surface area contributed by atoms with E-state index in [4.69, 9.17) is 10.5 Å². The third-order valence-electron chi connectivity index (χ3n) is 3.06. The van der Waals surface area contributed by atoms with Gasteiger partial charge < -0.3 is 20.5 Å². The molecule has 1 atom stereocenters. The molecule has 25 heavy (non-hydrogen) atoms. The molecule has 0 spiro atoms. The number of aromatic nitrogens is 1. The molecule has 0 saturated heterocycles. The van der Waals surface area contributed by atoms with Gasteiger partial charge in [0.25, 0.3) is 0 Å². The maximum absolute atomic E-state index is 12.2. The number of ether oxygens (including phenoxy) is 2. The predicted molar refractivity (Wildman–Crippen MR) is 94.6 cm³/mol. The molecule has 0 bridgehead atoms. The highest BCUT2D eigenvalue weighted by atomic mass is 35.5. The van der Waals surface area contributed by atoms with Crippen LogP contribution in [0.3, 0.4) is 0 Å². The Kier molecular flexibility index (Phi) is 8.17. The van der Waals surface area contributed by atoms with Crippen LogP contribution in [0, 0.1) is 6.92 Å². The van der Waals surface area contributed by atoms with Crippen molar-refractivity contribution < 1.29 is 23.0 Å². The number of halogens is 3. The lowest BCUT2D eigenvalue weighted by molar-refractivity contribution is -0.118. The number of nitrogens with zero attached hydrogens (tertiary/aromatic N) is 1. The first-order valence-corrected chi connectivity index (χ1v) is 7.80. The SMILES string of the molecule is COCC(N)C(=O)Nc1nc(-c2ccc(OC(F)F)cc2)c(C)s1.Cl. The van der Waals surface area contributed by atoms with Crippen LogP contribution in [0.15, 0.2) is 24.3 Å². The molecule has 1 aromatic heterocycles. The average molecular weight is 394 g/mol. The van der Waals surface area contributed by atoms with Crippen molar-refractivity contribution in [2.45, 2.75) is 19.6 Å². The van der Waals surface area contributed by atoms with Crippen LogP contribution < -0.4 is 15.8 Å². The first-order valence-electron chi connectivity index (χ1n) is 6.98. The standard InChI is InChI=1S/C15H17F2N3O3S.ClH/c1-8-12(9-3-5-10(6-4-9)23-14(16)17)19-15(24-8)20-13(21)11(18)7-22-2;/h3-6,11,14H,7,18H2,1-2H3,(H,19,20,21);1H. The number of hydrogen-bond acceptors (Lipinski definition) is 6. The largest absolute Gasteiger partial charge is 0.435 e. The smallest absolute Gasteiger partial charge is 0.387 e. The van der Waals surface area contributed by atoms with E-state index in [-0.39, 0.29) is 24.8 Å². The number of benzene rings is 1. The van der Waals surface area contributed by atoms with E-state index in [1.165, 1.54) is 30.6 Å². The minimum Gasteiger partial charge on any atom is -0.435 e. The van der Waals surface area contributed by atoms with Crippen LogP contribution in [0.25, 0.3) is 11.3 Å². The number of nitrogens with one attached hydrogen (secondary N) is 1. The summed E-state index contributed by atoms with van der Waals surface area (Å²) in [6.45, 7) is -0.911. The quantitative estimate of drug-likeness (QED) is 0.755. The number of methoxy groups -OCH3 is 1. The zero-order valence-electron chi connectivity index (χ0n) is 13.5. The van der Waals surface area contributed by atoms with E-state index in [9.17, 15) is 13.6 Å². The second-order valence-electron chi connectivity index (χ2n) is 4.88. The minimum absolute atomic E-state index is 0. The Morgan fingerprint density at radius 3 is 2.56 bits per heavy atom. The molecule has 0 aliphatic carbocycles. The monoisotopic (exact) mass is 393 g/mol. The van der Waals surface area contributed by atoms with E-state index in [1.807, 2.05) is 6.92 Å². The van der Waals surface area contributed by atoms with Crippen LogP contribution in [0.2, 0.25) is 0 Å². The Morgan fingerprint density at radius 2 is 2.00 bits per heavy atom. The van der Waals surface area contributed by atoms with Crippen LogP contribution in [0.4, 0.5) is 13.9 Å². The molecule has 2 rings (SSSR count). The summed E-state index contributed by atoms with van der Waals surface area (Å²) in [5.74, 6) is -0.321. The number of rotatable bonds is 7. The van der Waals surface area contributed by atoms with Gasteiger partial charge in [-0.3, -0.25) is 4.79 Å². The van der Waals surface area contributed by atoms with Crippen LogP contribution in [0.1, 0.15) is 4.88 Å².